The van der Waals surface area contributed by atoms with Crippen molar-refractivity contribution in [2.24, 2.45) is 0 Å². The Morgan fingerprint density at radius 2 is 2.00 bits per heavy atom. The molecule has 0 radical (unpaired) electrons. The molecule has 4 rings (SSSR count). The molecule has 1 aromatic carbocycles. The van der Waals surface area contributed by atoms with Crippen LogP contribution >= 0.6 is 0 Å². The summed E-state index contributed by atoms with van der Waals surface area (Å²) >= 11 is 0. The third-order valence-electron chi connectivity index (χ3n) is 4.39. The summed E-state index contributed by atoms with van der Waals surface area (Å²) in [5.41, 5.74) is 3.16. The number of nitrogens with zero attached hydrogens (tertiary/aromatic N) is 4. The molecular formula is C16H18N4. The predicted molar refractivity (Wildman–Crippen MR) is 78.9 cm³/mol. The molecule has 0 unspecified atom stereocenters. The van der Waals surface area contributed by atoms with Crippen LogP contribution in [0.5, 0.6) is 0 Å². The van der Waals surface area contributed by atoms with Crippen molar-refractivity contribution in [3.63, 3.8) is 0 Å². The van der Waals surface area contributed by atoms with Crippen LogP contribution in [0.25, 0.3) is 16.6 Å². The molecule has 1 aliphatic rings. The van der Waals surface area contributed by atoms with Crippen LogP contribution in [-0.2, 0) is 0 Å². The van der Waals surface area contributed by atoms with Gasteiger partial charge in [0.05, 0.1) is 5.52 Å². The summed E-state index contributed by atoms with van der Waals surface area (Å²) in [5.74, 6) is 1.53. The second kappa shape index (κ2) is 4.54. The van der Waals surface area contributed by atoms with Crippen LogP contribution < -0.4 is 0 Å². The third-order valence-corrected chi connectivity index (χ3v) is 4.39. The van der Waals surface area contributed by atoms with E-state index in [-0.39, 0.29) is 0 Å². The van der Waals surface area contributed by atoms with Crippen LogP contribution in [0.3, 0.4) is 0 Å². The summed E-state index contributed by atoms with van der Waals surface area (Å²) in [6, 6.07) is 6.24. The Bertz CT molecular complexity index is 769. The maximum atomic E-state index is 4.82. The number of benzene rings is 1. The molecule has 4 nitrogen and oxygen atoms in total. The van der Waals surface area contributed by atoms with Gasteiger partial charge in [0, 0.05) is 11.3 Å². The van der Waals surface area contributed by atoms with E-state index in [0.717, 1.165) is 22.4 Å². The fraction of sp³-hybridized carbons (Fsp3) is 0.438. The van der Waals surface area contributed by atoms with E-state index in [1.807, 2.05) is 4.52 Å². The number of aromatic nitrogens is 4. The summed E-state index contributed by atoms with van der Waals surface area (Å²) < 4.78 is 1.84. The van der Waals surface area contributed by atoms with Crippen LogP contribution in [0.1, 0.15) is 49.4 Å². The molecule has 0 amide bonds. The maximum Gasteiger partial charge on any atom is 0.166 e. The lowest BCUT2D eigenvalue weighted by Crippen LogP contribution is -2.06. The van der Waals surface area contributed by atoms with Crippen molar-refractivity contribution in [3.05, 3.63) is 35.9 Å². The van der Waals surface area contributed by atoms with Gasteiger partial charge in [0.1, 0.15) is 6.33 Å². The molecule has 0 spiro atoms. The van der Waals surface area contributed by atoms with Crippen molar-refractivity contribution < 1.29 is 0 Å². The molecule has 2 heterocycles. The minimum Gasteiger partial charge on any atom is -0.236 e. The van der Waals surface area contributed by atoms with Gasteiger partial charge in [0.2, 0.25) is 0 Å². The van der Waals surface area contributed by atoms with Gasteiger partial charge >= 0.3 is 0 Å². The number of rotatable bonds is 1. The molecule has 1 aliphatic carbocycles. The van der Waals surface area contributed by atoms with Crippen LogP contribution in [0, 0.1) is 6.92 Å². The Kier molecular flexibility index (Phi) is 2.69. The van der Waals surface area contributed by atoms with Crippen molar-refractivity contribution in [2.75, 3.05) is 0 Å². The van der Waals surface area contributed by atoms with E-state index in [1.54, 1.807) is 6.33 Å². The van der Waals surface area contributed by atoms with Gasteiger partial charge < -0.3 is 0 Å². The second-order valence-electron chi connectivity index (χ2n) is 5.79. The van der Waals surface area contributed by atoms with Gasteiger partial charge in [0.25, 0.3) is 0 Å². The Labute approximate surface area is 117 Å². The van der Waals surface area contributed by atoms with Gasteiger partial charge in [-0.3, -0.25) is 0 Å². The van der Waals surface area contributed by atoms with Gasteiger partial charge in [-0.25, -0.2) is 14.5 Å². The topological polar surface area (TPSA) is 43.1 Å². The Hall–Kier alpha value is -1.97. The summed E-state index contributed by atoms with van der Waals surface area (Å²) in [6.45, 7) is 2.09. The first-order valence-electron chi connectivity index (χ1n) is 7.43. The zero-order valence-corrected chi connectivity index (χ0v) is 11.7. The van der Waals surface area contributed by atoms with Gasteiger partial charge in [-0.1, -0.05) is 31.4 Å². The molecule has 102 valence electrons. The fourth-order valence-corrected chi connectivity index (χ4v) is 3.26. The largest absolute Gasteiger partial charge is 0.236 e. The summed E-state index contributed by atoms with van der Waals surface area (Å²) in [4.78, 5) is 9.35. The molecular weight excluding hydrogens is 248 g/mol. The molecule has 0 aliphatic heterocycles. The number of fused-ring (bicyclic) bond motifs is 3. The summed E-state index contributed by atoms with van der Waals surface area (Å²) in [6.07, 6.45) is 8.21. The highest BCUT2D eigenvalue weighted by molar-refractivity contribution is 5.92. The first-order chi connectivity index (χ1) is 9.83. The number of aryl methyl sites for hydroxylation is 1. The van der Waals surface area contributed by atoms with Crippen molar-refractivity contribution in [2.45, 2.75) is 44.9 Å². The number of para-hydroxylation sites is 1. The molecule has 2 aromatic heterocycles. The van der Waals surface area contributed by atoms with E-state index >= 15 is 0 Å². The normalized spacial score (nSPS) is 17.1. The van der Waals surface area contributed by atoms with Crippen LogP contribution in [0.4, 0.5) is 0 Å². The summed E-state index contributed by atoms with van der Waals surface area (Å²) in [7, 11) is 0. The quantitative estimate of drug-likeness (QED) is 0.675. The maximum absolute atomic E-state index is 4.82. The van der Waals surface area contributed by atoms with E-state index in [0.29, 0.717) is 5.92 Å². The summed E-state index contributed by atoms with van der Waals surface area (Å²) in [5, 5.41) is 5.76. The molecule has 4 heteroatoms. The molecule has 0 atom stereocenters. The molecule has 0 N–H and O–H groups in total. The average molecular weight is 266 g/mol. The Morgan fingerprint density at radius 3 is 2.85 bits per heavy atom. The zero-order valence-electron chi connectivity index (χ0n) is 11.7. The Balaban J connectivity index is 1.90. The standard InChI is InChI=1S/C16H18N4/c1-11-6-5-9-13-14(11)17-10-20-16(13)18-15(19-20)12-7-3-2-4-8-12/h5-6,9-10,12H,2-4,7-8H2,1H3. The highest BCUT2D eigenvalue weighted by atomic mass is 15.3. The minimum atomic E-state index is 0.531. The van der Waals surface area contributed by atoms with Crippen LogP contribution in [0.2, 0.25) is 0 Å². The lowest BCUT2D eigenvalue weighted by Gasteiger charge is -2.17. The Morgan fingerprint density at radius 1 is 1.15 bits per heavy atom. The zero-order chi connectivity index (χ0) is 13.5. The van der Waals surface area contributed by atoms with E-state index < -0.39 is 0 Å². The van der Waals surface area contributed by atoms with Crippen molar-refractivity contribution in [3.8, 4) is 0 Å². The fourth-order valence-electron chi connectivity index (χ4n) is 3.26. The van der Waals surface area contributed by atoms with Gasteiger partial charge in [-0.05, 0) is 31.4 Å². The van der Waals surface area contributed by atoms with E-state index in [1.165, 1.54) is 37.7 Å². The number of hydrogen-bond donors (Lipinski definition) is 0. The van der Waals surface area contributed by atoms with E-state index in [9.17, 15) is 0 Å². The molecule has 0 saturated heterocycles. The van der Waals surface area contributed by atoms with Gasteiger partial charge in [-0.2, -0.15) is 0 Å². The van der Waals surface area contributed by atoms with Gasteiger partial charge in [0.15, 0.2) is 11.5 Å². The van der Waals surface area contributed by atoms with Crippen molar-refractivity contribution in [1.82, 2.24) is 19.6 Å². The minimum absolute atomic E-state index is 0.531. The van der Waals surface area contributed by atoms with Crippen LogP contribution in [0.15, 0.2) is 24.5 Å². The molecule has 0 bridgehead atoms. The molecule has 1 fully saturated rings. The molecule has 3 aromatic rings. The third kappa shape index (κ3) is 1.79. The number of hydrogen-bond acceptors (Lipinski definition) is 3. The molecule has 1 saturated carbocycles. The first-order valence-corrected chi connectivity index (χ1v) is 7.43. The predicted octanol–water partition coefficient (Wildman–Crippen LogP) is 3.63. The van der Waals surface area contributed by atoms with Crippen molar-refractivity contribution >= 4 is 16.6 Å². The second-order valence-corrected chi connectivity index (χ2v) is 5.79. The lowest BCUT2D eigenvalue weighted by molar-refractivity contribution is 0.429. The smallest absolute Gasteiger partial charge is 0.166 e. The highest BCUT2D eigenvalue weighted by Gasteiger charge is 2.20. The highest BCUT2D eigenvalue weighted by Crippen LogP contribution is 2.31. The van der Waals surface area contributed by atoms with E-state index in [2.05, 4.69) is 35.2 Å². The first kappa shape index (κ1) is 11.8. The van der Waals surface area contributed by atoms with Gasteiger partial charge in [-0.15, -0.1) is 5.10 Å². The van der Waals surface area contributed by atoms with Crippen molar-refractivity contribution in [1.29, 1.82) is 0 Å². The lowest BCUT2D eigenvalue weighted by atomic mass is 9.89. The monoisotopic (exact) mass is 266 g/mol. The SMILES string of the molecule is Cc1cccc2c1ncn1nc(C3CCCCC3)nc21. The van der Waals surface area contributed by atoms with E-state index in [4.69, 9.17) is 4.98 Å². The average Bonchev–Trinajstić information content (AvgIpc) is 2.93. The molecule has 20 heavy (non-hydrogen) atoms. The van der Waals surface area contributed by atoms with Crippen LogP contribution in [-0.4, -0.2) is 19.6 Å².